The molecule has 0 unspecified atom stereocenters. The molecule has 0 radical (unpaired) electrons. The molecule has 4 nitrogen and oxygen atoms in total. The predicted octanol–water partition coefficient (Wildman–Crippen LogP) is 8.93. The Kier molecular flexibility index (Phi) is 9.57. The van der Waals surface area contributed by atoms with Crippen LogP contribution >= 0.6 is 0 Å². The normalized spacial score (nSPS) is 10.3. The number of hydrogen-bond acceptors (Lipinski definition) is 2. The summed E-state index contributed by atoms with van der Waals surface area (Å²) in [6.07, 6.45) is 4.42. The van der Waals surface area contributed by atoms with E-state index in [1.54, 1.807) is 60.7 Å². The Morgan fingerprint density at radius 3 is 1.07 bits per heavy atom. The number of fused-ring (bicyclic) bond motifs is 2. The fourth-order valence-electron chi connectivity index (χ4n) is 4.13. The van der Waals surface area contributed by atoms with Gasteiger partial charge in [0, 0.05) is 0 Å². The third kappa shape index (κ3) is 7.53. The molecule has 6 rings (SSSR count). The number of rotatable bonds is 4. The molecule has 0 atom stereocenters. The Morgan fingerprint density at radius 2 is 0.725 bits per heavy atom. The minimum absolute atomic E-state index is 0.331. The Hall–Kier alpha value is -5.48. The highest BCUT2D eigenvalue weighted by Crippen LogP contribution is 2.23. The van der Waals surface area contributed by atoms with Crippen LogP contribution in [0.15, 0.2) is 146 Å². The van der Waals surface area contributed by atoms with Crippen LogP contribution in [0.1, 0.15) is 31.8 Å². The number of benzene rings is 6. The van der Waals surface area contributed by atoms with Gasteiger partial charge in [-0.2, -0.15) is 0 Å². The van der Waals surface area contributed by atoms with Crippen LogP contribution in [-0.4, -0.2) is 22.2 Å². The van der Waals surface area contributed by atoms with Gasteiger partial charge in [-0.1, -0.05) is 133 Å². The largest absolute Gasteiger partial charge is 0.478 e. The first kappa shape index (κ1) is 27.6. The van der Waals surface area contributed by atoms with Gasteiger partial charge >= 0.3 is 11.9 Å². The van der Waals surface area contributed by atoms with E-state index in [9.17, 15) is 9.59 Å². The molecular weight excluding hydrogens is 496 g/mol. The van der Waals surface area contributed by atoms with Crippen molar-refractivity contribution in [3.8, 4) is 0 Å². The summed E-state index contributed by atoms with van der Waals surface area (Å²) in [7, 11) is 0. The molecule has 0 heterocycles. The Labute approximate surface area is 233 Å². The quantitative estimate of drug-likeness (QED) is 0.226. The highest BCUT2D eigenvalue weighted by molar-refractivity contribution is 5.97. The maximum absolute atomic E-state index is 10.2. The minimum Gasteiger partial charge on any atom is -0.478 e. The summed E-state index contributed by atoms with van der Waals surface area (Å²) in [5, 5.41) is 21.9. The van der Waals surface area contributed by atoms with Gasteiger partial charge in [0.1, 0.15) is 0 Å². The number of aromatic carboxylic acids is 2. The van der Waals surface area contributed by atoms with E-state index in [2.05, 4.69) is 97.1 Å². The Balaban J connectivity index is 0.000000169. The Morgan fingerprint density at radius 1 is 0.400 bits per heavy atom. The van der Waals surface area contributed by atoms with Gasteiger partial charge in [-0.05, 0) is 56.9 Å². The van der Waals surface area contributed by atoms with Crippen LogP contribution in [-0.2, 0) is 0 Å². The van der Waals surface area contributed by atoms with Crippen molar-refractivity contribution in [1.82, 2.24) is 0 Å². The molecule has 4 heteroatoms. The maximum Gasteiger partial charge on any atom is 0.335 e. The lowest BCUT2D eigenvalue weighted by atomic mass is 10.0. The smallest absolute Gasteiger partial charge is 0.335 e. The molecule has 196 valence electrons. The van der Waals surface area contributed by atoms with Crippen molar-refractivity contribution in [2.24, 2.45) is 0 Å². The lowest BCUT2D eigenvalue weighted by Gasteiger charge is -2.04. The average Bonchev–Trinajstić information content (AvgIpc) is 3.01. The van der Waals surface area contributed by atoms with Gasteiger partial charge in [0.15, 0.2) is 0 Å². The van der Waals surface area contributed by atoms with Crippen molar-refractivity contribution < 1.29 is 19.8 Å². The average molecular weight is 525 g/mol. The fraction of sp³-hybridized carbons (Fsp3) is 0. The second-order valence-corrected chi connectivity index (χ2v) is 8.81. The van der Waals surface area contributed by atoms with Gasteiger partial charge in [0.05, 0.1) is 11.1 Å². The summed E-state index contributed by atoms with van der Waals surface area (Å²) in [5.41, 5.74) is 3.17. The van der Waals surface area contributed by atoms with Crippen LogP contribution in [0.3, 0.4) is 0 Å². The molecule has 0 bridgehead atoms. The van der Waals surface area contributed by atoms with E-state index in [0.29, 0.717) is 11.1 Å². The third-order valence-corrected chi connectivity index (χ3v) is 6.13. The molecule has 2 N–H and O–H groups in total. The van der Waals surface area contributed by atoms with Gasteiger partial charge in [-0.3, -0.25) is 0 Å². The molecule has 0 aliphatic rings. The number of carboxylic acids is 2. The standard InChI is InChI=1S/C22H16.2C7H6O2/c1-3-13-21-17(7-1)9-5-11-19(21)15-16-20-12-6-10-18-8-2-4-14-22(18)20;2*8-7(9)6-4-2-1-3-5-6/h1-16H;2*1-5H,(H,8,9). The van der Waals surface area contributed by atoms with E-state index in [1.807, 2.05) is 0 Å². The fourth-order valence-corrected chi connectivity index (χ4v) is 4.13. The first-order valence-electron chi connectivity index (χ1n) is 12.7. The van der Waals surface area contributed by atoms with Crippen LogP contribution < -0.4 is 0 Å². The zero-order valence-corrected chi connectivity index (χ0v) is 21.7. The molecule has 0 fully saturated rings. The van der Waals surface area contributed by atoms with Gasteiger partial charge < -0.3 is 10.2 Å². The van der Waals surface area contributed by atoms with E-state index in [-0.39, 0.29) is 0 Å². The van der Waals surface area contributed by atoms with Crippen LogP contribution in [0.5, 0.6) is 0 Å². The summed E-state index contributed by atoms with van der Waals surface area (Å²) < 4.78 is 0. The molecule has 0 spiro atoms. The summed E-state index contributed by atoms with van der Waals surface area (Å²) in [6, 6.07) is 46.5. The third-order valence-electron chi connectivity index (χ3n) is 6.13. The lowest BCUT2D eigenvalue weighted by molar-refractivity contribution is 0.0686. The summed E-state index contributed by atoms with van der Waals surface area (Å²) in [6.45, 7) is 0. The molecule has 40 heavy (non-hydrogen) atoms. The first-order chi connectivity index (χ1) is 19.5. The van der Waals surface area contributed by atoms with Crippen LogP contribution in [0, 0.1) is 0 Å². The zero-order valence-electron chi connectivity index (χ0n) is 21.7. The van der Waals surface area contributed by atoms with Gasteiger partial charge in [-0.15, -0.1) is 0 Å². The lowest BCUT2D eigenvalue weighted by Crippen LogP contribution is -1.93. The SMILES string of the molecule is C(=Cc1cccc2ccccc12)c1cccc2ccccc12.O=C(O)c1ccccc1.O=C(O)c1ccccc1. The van der Waals surface area contributed by atoms with E-state index >= 15 is 0 Å². The van der Waals surface area contributed by atoms with Gasteiger partial charge in [-0.25, -0.2) is 9.59 Å². The molecule has 0 aromatic heterocycles. The number of carbonyl (C=O) groups is 2. The first-order valence-corrected chi connectivity index (χ1v) is 12.7. The van der Waals surface area contributed by atoms with E-state index in [1.165, 1.54) is 32.7 Å². The Bertz CT molecular complexity index is 1600. The topological polar surface area (TPSA) is 74.6 Å². The second-order valence-electron chi connectivity index (χ2n) is 8.81. The van der Waals surface area contributed by atoms with Crippen molar-refractivity contribution in [2.75, 3.05) is 0 Å². The molecule has 6 aromatic rings. The van der Waals surface area contributed by atoms with Crippen LogP contribution in [0.2, 0.25) is 0 Å². The van der Waals surface area contributed by atoms with Crippen molar-refractivity contribution in [1.29, 1.82) is 0 Å². The summed E-state index contributed by atoms with van der Waals surface area (Å²) in [5.74, 6) is -1.76. The van der Waals surface area contributed by atoms with Crippen molar-refractivity contribution in [3.63, 3.8) is 0 Å². The van der Waals surface area contributed by atoms with Gasteiger partial charge in [0.2, 0.25) is 0 Å². The zero-order chi connectivity index (χ0) is 28.2. The van der Waals surface area contributed by atoms with E-state index in [4.69, 9.17) is 10.2 Å². The predicted molar refractivity (Wildman–Crippen MR) is 164 cm³/mol. The van der Waals surface area contributed by atoms with Crippen molar-refractivity contribution >= 4 is 45.6 Å². The minimum atomic E-state index is -0.879. The molecule has 0 saturated heterocycles. The summed E-state index contributed by atoms with van der Waals surface area (Å²) in [4.78, 5) is 20.4. The molecule has 0 saturated carbocycles. The molecule has 0 amide bonds. The van der Waals surface area contributed by atoms with Crippen LogP contribution in [0.25, 0.3) is 33.7 Å². The maximum atomic E-state index is 10.2. The number of carboxylic acid groups (broad SMARTS) is 2. The monoisotopic (exact) mass is 524 g/mol. The van der Waals surface area contributed by atoms with Crippen molar-refractivity contribution in [2.45, 2.75) is 0 Å². The molecule has 0 aliphatic carbocycles. The molecule has 6 aromatic carbocycles. The summed E-state index contributed by atoms with van der Waals surface area (Å²) >= 11 is 0. The highest BCUT2D eigenvalue weighted by Gasteiger charge is 2.00. The second kappa shape index (κ2) is 13.9. The van der Waals surface area contributed by atoms with Gasteiger partial charge in [0.25, 0.3) is 0 Å². The molecular formula is C36H28O4. The van der Waals surface area contributed by atoms with Crippen LogP contribution in [0.4, 0.5) is 0 Å². The van der Waals surface area contributed by atoms with E-state index < -0.39 is 11.9 Å². The van der Waals surface area contributed by atoms with Crippen molar-refractivity contribution in [3.05, 3.63) is 168 Å². The van der Waals surface area contributed by atoms with E-state index in [0.717, 1.165) is 0 Å². The molecule has 0 aliphatic heterocycles. The highest BCUT2D eigenvalue weighted by atomic mass is 16.4. The number of hydrogen-bond donors (Lipinski definition) is 2.